The van der Waals surface area contributed by atoms with Crippen molar-refractivity contribution in [2.24, 2.45) is 0 Å². The van der Waals surface area contributed by atoms with Gasteiger partial charge in [-0.3, -0.25) is 4.79 Å². The summed E-state index contributed by atoms with van der Waals surface area (Å²) in [6.45, 7) is 5.85. The topological polar surface area (TPSA) is 113 Å². The molecule has 0 aliphatic carbocycles. The molecule has 1 aliphatic rings. The molecule has 0 bridgehead atoms. The Kier molecular flexibility index (Phi) is 6.32. The minimum Gasteiger partial charge on any atom is -0.447 e. The molecule has 2 N–H and O–H groups in total. The van der Waals surface area contributed by atoms with Gasteiger partial charge in [-0.25, -0.2) is 9.69 Å². The summed E-state index contributed by atoms with van der Waals surface area (Å²) in [7, 11) is 0. The highest BCUT2D eigenvalue weighted by Crippen LogP contribution is 2.27. The number of H-pyrrole nitrogens is 1. The lowest BCUT2D eigenvalue weighted by Crippen LogP contribution is -2.35. The summed E-state index contributed by atoms with van der Waals surface area (Å²) < 4.78 is 5.17. The summed E-state index contributed by atoms with van der Waals surface area (Å²) in [6, 6.07) is 14.8. The van der Waals surface area contributed by atoms with E-state index in [-0.39, 0.29) is 23.5 Å². The molecule has 5 rings (SSSR count). The summed E-state index contributed by atoms with van der Waals surface area (Å²) in [5, 5.41) is 4.76. The van der Waals surface area contributed by atoms with Crippen molar-refractivity contribution in [2.45, 2.75) is 39.3 Å². The van der Waals surface area contributed by atoms with Crippen molar-refractivity contribution in [3.63, 3.8) is 0 Å². The van der Waals surface area contributed by atoms with E-state index in [0.717, 1.165) is 22.0 Å². The van der Waals surface area contributed by atoms with E-state index in [1.807, 2.05) is 62.4 Å². The molecule has 2 aromatic carbocycles. The molecule has 0 saturated carbocycles. The zero-order valence-electron chi connectivity index (χ0n) is 20.1. The van der Waals surface area contributed by atoms with Crippen molar-refractivity contribution in [3.05, 3.63) is 75.3 Å². The highest BCUT2D eigenvalue weighted by Gasteiger charge is 2.35. The number of nitrogens with one attached hydrogen (secondary N) is 2. The Morgan fingerprint density at radius 1 is 1.11 bits per heavy atom. The lowest BCUT2D eigenvalue weighted by molar-refractivity contribution is 0.178. The number of nitrogens with zero attached hydrogens (tertiary/aromatic N) is 4. The standard InChI is InChI=1S/C26H25ClN6O3/c1-4-20-13-36-26(35)33(20)25-30-15(3)29-24(32-25)28-14(2)21-12-18-11-17(7-10-22(18)31-23(21)34)16-5-8-19(27)9-6-16/h5-12,14,20H,4,13H2,1-3H3,(H,31,34)(H,28,29,30,32)/t14-,20+/m1/s1. The predicted molar refractivity (Wildman–Crippen MR) is 140 cm³/mol. The van der Waals surface area contributed by atoms with Gasteiger partial charge in [0, 0.05) is 16.1 Å². The van der Waals surface area contributed by atoms with Crippen LogP contribution >= 0.6 is 11.6 Å². The quantitative estimate of drug-likeness (QED) is 0.368. The van der Waals surface area contributed by atoms with Gasteiger partial charge in [0.05, 0.1) is 12.1 Å². The molecule has 9 nitrogen and oxygen atoms in total. The van der Waals surface area contributed by atoms with Crippen LogP contribution in [0.1, 0.15) is 37.7 Å². The number of halogens is 1. The van der Waals surface area contributed by atoms with E-state index in [4.69, 9.17) is 16.3 Å². The third kappa shape index (κ3) is 4.61. The first-order valence-electron chi connectivity index (χ1n) is 11.7. The van der Waals surface area contributed by atoms with E-state index in [1.165, 1.54) is 4.90 Å². The Morgan fingerprint density at radius 3 is 2.61 bits per heavy atom. The van der Waals surface area contributed by atoms with Crippen LogP contribution in [0, 0.1) is 6.92 Å². The first-order chi connectivity index (χ1) is 17.3. The molecule has 184 valence electrons. The van der Waals surface area contributed by atoms with Gasteiger partial charge in [0.15, 0.2) is 0 Å². The molecule has 1 fully saturated rings. The van der Waals surface area contributed by atoms with Crippen molar-refractivity contribution < 1.29 is 9.53 Å². The van der Waals surface area contributed by atoms with Gasteiger partial charge < -0.3 is 15.0 Å². The summed E-state index contributed by atoms with van der Waals surface area (Å²) in [4.78, 5) is 42.7. The molecule has 1 saturated heterocycles. The number of cyclic esters (lactones) is 1. The molecule has 3 heterocycles. The van der Waals surface area contributed by atoms with Crippen LogP contribution < -0.4 is 15.8 Å². The zero-order valence-corrected chi connectivity index (χ0v) is 20.8. The maximum Gasteiger partial charge on any atom is 0.417 e. The fraction of sp³-hybridized carbons (Fsp3) is 0.269. The highest BCUT2D eigenvalue weighted by molar-refractivity contribution is 6.30. The van der Waals surface area contributed by atoms with Crippen molar-refractivity contribution >= 4 is 40.5 Å². The number of hydrogen-bond donors (Lipinski definition) is 2. The zero-order chi connectivity index (χ0) is 25.4. The largest absolute Gasteiger partial charge is 0.447 e. The molecule has 2 atom stereocenters. The van der Waals surface area contributed by atoms with Gasteiger partial charge in [0.25, 0.3) is 5.56 Å². The van der Waals surface area contributed by atoms with Gasteiger partial charge in [-0.15, -0.1) is 0 Å². The summed E-state index contributed by atoms with van der Waals surface area (Å²) in [5.74, 6) is 0.949. The first-order valence-corrected chi connectivity index (χ1v) is 12.1. The normalized spacial score (nSPS) is 16.3. The SMILES string of the molecule is CC[C@H]1COC(=O)N1c1nc(C)nc(N[C@H](C)c2cc3cc(-c4ccc(Cl)cc4)ccc3[nH]c2=O)n1. The van der Waals surface area contributed by atoms with Crippen LogP contribution in [0.3, 0.4) is 0 Å². The van der Waals surface area contributed by atoms with E-state index in [2.05, 4.69) is 25.3 Å². The lowest BCUT2D eigenvalue weighted by Gasteiger charge is -2.20. The Bertz CT molecular complexity index is 1500. The summed E-state index contributed by atoms with van der Waals surface area (Å²) in [6.07, 6.45) is 0.231. The third-order valence-corrected chi connectivity index (χ3v) is 6.50. The number of ether oxygens (including phenoxy) is 1. The number of anilines is 2. The molecule has 1 aliphatic heterocycles. The molecule has 2 aromatic heterocycles. The molecule has 1 amide bonds. The lowest BCUT2D eigenvalue weighted by atomic mass is 10.0. The van der Waals surface area contributed by atoms with E-state index in [9.17, 15) is 9.59 Å². The van der Waals surface area contributed by atoms with Gasteiger partial charge >= 0.3 is 6.09 Å². The second-order valence-corrected chi connectivity index (χ2v) is 9.18. The third-order valence-electron chi connectivity index (χ3n) is 6.25. The number of pyridine rings is 1. The van der Waals surface area contributed by atoms with Crippen LogP contribution in [0.2, 0.25) is 5.02 Å². The monoisotopic (exact) mass is 504 g/mol. The van der Waals surface area contributed by atoms with Crippen LogP contribution in [0.25, 0.3) is 22.0 Å². The fourth-order valence-electron chi connectivity index (χ4n) is 4.28. The van der Waals surface area contributed by atoms with E-state index >= 15 is 0 Å². The summed E-state index contributed by atoms with van der Waals surface area (Å²) >= 11 is 6.03. The first kappa shape index (κ1) is 23.7. The number of carbonyl (C=O) groups is 1. The second kappa shape index (κ2) is 9.58. The minimum atomic E-state index is -0.478. The van der Waals surface area contributed by atoms with Crippen molar-refractivity contribution in [3.8, 4) is 11.1 Å². The molecule has 0 spiro atoms. The number of aryl methyl sites for hydroxylation is 1. The van der Waals surface area contributed by atoms with Crippen LogP contribution in [-0.2, 0) is 4.74 Å². The molecule has 10 heteroatoms. The van der Waals surface area contributed by atoms with E-state index < -0.39 is 12.1 Å². The number of carbonyl (C=O) groups excluding carboxylic acids is 1. The number of hydrogen-bond acceptors (Lipinski definition) is 7. The van der Waals surface area contributed by atoms with Crippen LogP contribution in [0.15, 0.2) is 53.3 Å². The highest BCUT2D eigenvalue weighted by atomic mass is 35.5. The Balaban J connectivity index is 1.45. The Morgan fingerprint density at radius 2 is 1.86 bits per heavy atom. The van der Waals surface area contributed by atoms with Crippen LogP contribution in [0.5, 0.6) is 0 Å². The number of amides is 1. The van der Waals surface area contributed by atoms with Gasteiger partial charge in [0.1, 0.15) is 12.4 Å². The van der Waals surface area contributed by atoms with E-state index in [0.29, 0.717) is 29.4 Å². The number of aromatic amines is 1. The van der Waals surface area contributed by atoms with Gasteiger partial charge in [0.2, 0.25) is 11.9 Å². The maximum absolute atomic E-state index is 12.9. The molecule has 0 unspecified atom stereocenters. The smallest absolute Gasteiger partial charge is 0.417 e. The maximum atomic E-state index is 12.9. The Hall–Kier alpha value is -3.98. The van der Waals surface area contributed by atoms with Crippen molar-refractivity contribution in [1.82, 2.24) is 19.9 Å². The van der Waals surface area contributed by atoms with Gasteiger partial charge in [-0.2, -0.15) is 15.0 Å². The van der Waals surface area contributed by atoms with Crippen molar-refractivity contribution in [1.29, 1.82) is 0 Å². The van der Waals surface area contributed by atoms with E-state index in [1.54, 1.807) is 6.92 Å². The van der Waals surface area contributed by atoms with Gasteiger partial charge in [-0.05, 0) is 67.1 Å². The number of rotatable bonds is 6. The fourth-order valence-corrected chi connectivity index (χ4v) is 4.41. The van der Waals surface area contributed by atoms with Crippen molar-refractivity contribution in [2.75, 3.05) is 16.8 Å². The predicted octanol–water partition coefficient (Wildman–Crippen LogP) is 5.25. The number of aromatic nitrogens is 4. The average Bonchev–Trinajstić information content (AvgIpc) is 3.24. The van der Waals surface area contributed by atoms with Gasteiger partial charge in [-0.1, -0.05) is 36.7 Å². The average molecular weight is 505 g/mol. The molecule has 0 radical (unpaired) electrons. The van der Waals surface area contributed by atoms with Crippen LogP contribution in [-0.4, -0.2) is 38.7 Å². The minimum absolute atomic E-state index is 0.136. The number of fused-ring (bicyclic) bond motifs is 1. The molecular formula is C26H25ClN6O3. The molecule has 4 aromatic rings. The summed E-state index contributed by atoms with van der Waals surface area (Å²) in [5.41, 5.74) is 3.10. The Labute approximate surface area is 212 Å². The number of benzene rings is 2. The second-order valence-electron chi connectivity index (χ2n) is 8.74. The van der Waals surface area contributed by atoms with Crippen LogP contribution in [0.4, 0.5) is 16.7 Å². The molecule has 36 heavy (non-hydrogen) atoms. The molecular weight excluding hydrogens is 480 g/mol.